The van der Waals surface area contributed by atoms with Gasteiger partial charge in [-0.25, -0.2) is 9.78 Å². The number of amides is 2. The smallest absolute Gasteiger partial charge is 0.323 e. The number of hydrogen-bond donors (Lipinski definition) is 3. The fraction of sp³-hybridized carbons (Fsp3) is 0.429. The molecule has 1 aromatic heterocycles. The van der Waals surface area contributed by atoms with Crippen LogP contribution in [-0.2, 0) is 10.2 Å². The van der Waals surface area contributed by atoms with Crippen molar-refractivity contribution in [2.45, 2.75) is 33.1 Å². The molecular formula is C21H28N4O3. The zero-order valence-electron chi connectivity index (χ0n) is 16.9. The Hall–Kier alpha value is -2.80. The number of carbonyl (C=O) groups is 1. The van der Waals surface area contributed by atoms with E-state index in [1.807, 2.05) is 39.8 Å². The lowest BCUT2D eigenvalue weighted by molar-refractivity contribution is 0.122. The molecule has 3 N–H and O–H groups in total. The maximum absolute atomic E-state index is 12.4. The number of phenolic OH excluding ortho intramolecular Hbond substituents is 1. The molecule has 0 radical (unpaired) electrons. The van der Waals surface area contributed by atoms with E-state index in [2.05, 4.69) is 20.5 Å². The molecule has 0 atom stereocenters. The summed E-state index contributed by atoms with van der Waals surface area (Å²) in [5.41, 5.74) is 2.58. The van der Waals surface area contributed by atoms with Gasteiger partial charge in [0.05, 0.1) is 24.6 Å². The highest BCUT2D eigenvalue weighted by atomic mass is 16.5. The zero-order chi connectivity index (χ0) is 20.3. The molecule has 1 fully saturated rings. The molecule has 2 amide bonds. The number of carbonyl (C=O) groups excluding carboxylic acids is 1. The van der Waals surface area contributed by atoms with Crippen LogP contribution in [0.1, 0.15) is 32.0 Å². The van der Waals surface area contributed by atoms with E-state index >= 15 is 0 Å². The van der Waals surface area contributed by atoms with Crippen molar-refractivity contribution in [3.05, 3.63) is 41.6 Å². The number of morpholine rings is 1. The Bertz CT molecular complexity index is 855. The number of phenols is 1. The number of ether oxygens (including phenoxy) is 1. The molecule has 0 unspecified atom stereocenters. The third kappa shape index (κ3) is 4.72. The first kappa shape index (κ1) is 19.9. The summed E-state index contributed by atoms with van der Waals surface area (Å²) in [5, 5.41) is 15.7. The van der Waals surface area contributed by atoms with Crippen LogP contribution in [-0.4, -0.2) is 42.4 Å². The second-order valence-corrected chi connectivity index (χ2v) is 7.96. The summed E-state index contributed by atoms with van der Waals surface area (Å²) < 4.78 is 5.37. The van der Waals surface area contributed by atoms with Crippen LogP contribution in [0, 0.1) is 6.92 Å². The Morgan fingerprint density at radius 2 is 1.86 bits per heavy atom. The van der Waals surface area contributed by atoms with Crippen LogP contribution >= 0.6 is 0 Å². The Labute approximate surface area is 165 Å². The number of benzene rings is 1. The van der Waals surface area contributed by atoms with Crippen molar-refractivity contribution >= 4 is 23.2 Å². The molecule has 7 nitrogen and oxygen atoms in total. The lowest BCUT2D eigenvalue weighted by Crippen LogP contribution is -2.36. The average Bonchev–Trinajstić information content (AvgIpc) is 2.65. The number of anilines is 3. The third-order valence-electron chi connectivity index (χ3n) is 4.72. The summed E-state index contributed by atoms with van der Waals surface area (Å²) >= 11 is 0. The second kappa shape index (κ2) is 8.06. The Morgan fingerprint density at radius 3 is 2.50 bits per heavy atom. The Kier molecular flexibility index (Phi) is 5.74. The molecule has 1 saturated heterocycles. The number of rotatable bonds is 3. The van der Waals surface area contributed by atoms with Crippen LogP contribution in [0.25, 0.3) is 0 Å². The first-order chi connectivity index (χ1) is 13.2. The average molecular weight is 384 g/mol. The predicted octanol–water partition coefficient (Wildman–Crippen LogP) is 3.87. The van der Waals surface area contributed by atoms with Crippen molar-refractivity contribution in [1.82, 2.24) is 4.98 Å². The lowest BCUT2D eigenvalue weighted by atomic mass is 9.86. The number of aromatic nitrogens is 1. The van der Waals surface area contributed by atoms with Crippen LogP contribution in [0.3, 0.4) is 0 Å². The predicted molar refractivity (Wildman–Crippen MR) is 111 cm³/mol. The van der Waals surface area contributed by atoms with Gasteiger partial charge in [0.15, 0.2) is 0 Å². The molecule has 2 heterocycles. The maximum atomic E-state index is 12.4. The SMILES string of the molecule is Cc1nc(N2CCOCC2)ccc1NC(=O)Nc1ccc(O)c(C(C)(C)C)c1. The van der Waals surface area contributed by atoms with Crippen molar-refractivity contribution in [3.63, 3.8) is 0 Å². The molecule has 28 heavy (non-hydrogen) atoms. The standard InChI is InChI=1S/C21H28N4O3/c1-14-17(6-8-19(22-14)25-9-11-28-12-10-25)24-20(27)23-15-5-7-18(26)16(13-15)21(2,3)4/h5-8,13,26H,9-12H2,1-4H3,(H2,23,24,27). The van der Waals surface area contributed by atoms with Crippen molar-refractivity contribution in [2.75, 3.05) is 41.8 Å². The van der Waals surface area contributed by atoms with E-state index in [-0.39, 0.29) is 17.2 Å². The van der Waals surface area contributed by atoms with Crippen LogP contribution in [0.4, 0.5) is 22.0 Å². The van der Waals surface area contributed by atoms with Gasteiger partial charge in [-0.2, -0.15) is 0 Å². The Balaban J connectivity index is 1.68. The molecule has 7 heteroatoms. The van der Waals surface area contributed by atoms with Gasteiger partial charge in [-0.1, -0.05) is 20.8 Å². The number of aromatic hydroxyl groups is 1. The normalized spacial score (nSPS) is 14.6. The van der Waals surface area contributed by atoms with Crippen LogP contribution in [0.15, 0.2) is 30.3 Å². The van der Waals surface area contributed by atoms with Crippen LogP contribution < -0.4 is 15.5 Å². The molecule has 1 aliphatic heterocycles. The number of nitrogens with one attached hydrogen (secondary N) is 2. The summed E-state index contributed by atoms with van der Waals surface area (Å²) in [7, 11) is 0. The molecule has 1 aromatic carbocycles. The summed E-state index contributed by atoms with van der Waals surface area (Å²) in [6.07, 6.45) is 0. The molecule has 0 spiro atoms. The fourth-order valence-corrected chi connectivity index (χ4v) is 3.15. The van der Waals surface area contributed by atoms with Gasteiger partial charge in [0, 0.05) is 24.3 Å². The van der Waals surface area contributed by atoms with Crippen molar-refractivity contribution < 1.29 is 14.6 Å². The van der Waals surface area contributed by atoms with Gasteiger partial charge in [0.1, 0.15) is 11.6 Å². The first-order valence-corrected chi connectivity index (χ1v) is 9.46. The Morgan fingerprint density at radius 1 is 1.14 bits per heavy atom. The minimum Gasteiger partial charge on any atom is -0.508 e. The molecule has 1 aliphatic rings. The molecule has 0 aliphatic carbocycles. The molecule has 0 bridgehead atoms. The van der Waals surface area contributed by atoms with Crippen molar-refractivity contribution in [2.24, 2.45) is 0 Å². The van der Waals surface area contributed by atoms with E-state index in [0.717, 1.165) is 30.2 Å². The fourth-order valence-electron chi connectivity index (χ4n) is 3.15. The van der Waals surface area contributed by atoms with Gasteiger partial charge in [-0.05, 0) is 42.7 Å². The monoisotopic (exact) mass is 384 g/mol. The summed E-state index contributed by atoms with van der Waals surface area (Å²) in [5.74, 6) is 1.11. The lowest BCUT2D eigenvalue weighted by Gasteiger charge is -2.28. The minimum atomic E-state index is -0.352. The maximum Gasteiger partial charge on any atom is 0.323 e. The first-order valence-electron chi connectivity index (χ1n) is 9.46. The topological polar surface area (TPSA) is 86.7 Å². The van der Waals surface area contributed by atoms with E-state index in [0.29, 0.717) is 24.6 Å². The number of pyridine rings is 1. The number of hydrogen-bond acceptors (Lipinski definition) is 5. The van der Waals surface area contributed by atoms with Gasteiger partial charge in [0.2, 0.25) is 0 Å². The van der Waals surface area contributed by atoms with E-state index in [1.165, 1.54) is 0 Å². The molecule has 0 saturated carbocycles. The largest absolute Gasteiger partial charge is 0.508 e. The molecule has 2 aromatic rings. The van der Waals surface area contributed by atoms with E-state index in [1.54, 1.807) is 18.2 Å². The molecule has 150 valence electrons. The van der Waals surface area contributed by atoms with E-state index in [9.17, 15) is 9.90 Å². The van der Waals surface area contributed by atoms with Crippen LogP contribution in [0.2, 0.25) is 0 Å². The molecular weight excluding hydrogens is 356 g/mol. The van der Waals surface area contributed by atoms with Gasteiger partial charge in [-0.3, -0.25) is 0 Å². The van der Waals surface area contributed by atoms with Crippen molar-refractivity contribution in [3.8, 4) is 5.75 Å². The molecule has 3 rings (SSSR count). The van der Waals surface area contributed by atoms with Crippen molar-refractivity contribution in [1.29, 1.82) is 0 Å². The summed E-state index contributed by atoms with van der Waals surface area (Å²) in [6.45, 7) is 10.9. The van der Waals surface area contributed by atoms with Crippen LogP contribution in [0.5, 0.6) is 5.75 Å². The van der Waals surface area contributed by atoms with Gasteiger partial charge < -0.3 is 25.4 Å². The van der Waals surface area contributed by atoms with E-state index in [4.69, 9.17) is 4.74 Å². The highest BCUT2D eigenvalue weighted by Gasteiger charge is 2.19. The number of aryl methyl sites for hydroxylation is 1. The number of urea groups is 1. The second-order valence-electron chi connectivity index (χ2n) is 7.96. The highest BCUT2D eigenvalue weighted by molar-refractivity contribution is 6.00. The van der Waals surface area contributed by atoms with Gasteiger partial charge in [-0.15, -0.1) is 0 Å². The quantitative estimate of drug-likeness (QED) is 0.699. The summed E-state index contributed by atoms with van der Waals surface area (Å²) in [4.78, 5) is 19.2. The van der Waals surface area contributed by atoms with E-state index < -0.39 is 0 Å². The number of nitrogens with zero attached hydrogens (tertiary/aromatic N) is 2. The highest BCUT2D eigenvalue weighted by Crippen LogP contribution is 2.32. The van der Waals surface area contributed by atoms with Gasteiger partial charge in [0.25, 0.3) is 0 Å². The zero-order valence-corrected chi connectivity index (χ0v) is 16.9. The third-order valence-corrected chi connectivity index (χ3v) is 4.72. The van der Waals surface area contributed by atoms with Gasteiger partial charge >= 0.3 is 6.03 Å². The summed E-state index contributed by atoms with van der Waals surface area (Å²) in [6, 6.07) is 8.49. The minimum absolute atomic E-state index is 0.220.